The Labute approximate surface area is 171 Å². The summed E-state index contributed by atoms with van der Waals surface area (Å²) in [7, 11) is 0. The Morgan fingerprint density at radius 1 is 1.14 bits per heavy atom. The van der Waals surface area contributed by atoms with Crippen LogP contribution in [-0.4, -0.2) is 46.1 Å². The highest BCUT2D eigenvalue weighted by Crippen LogP contribution is 2.41. The maximum atomic E-state index is 12.8. The molecule has 0 spiro atoms. The molecule has 1 aromatic heterocycles. The lowest BCUT2D eigenvalue weighted by atomic mass is 10.00. The molecule has 2 heterocycles. The number of thioether (sulfide) groups is 1. The molecule has 1 saturated carbocycles. The summed E-state index contributed by atoms with van der Waals surface area (Å²) in [6.45, 7) is 7.09. The lowest BCUT2D eigenvalue weighted by molar-refractivity contribution is -0.116. The number of carbonyl (C=O) groups is 1. The number of anilines is 2. The predicted molar refractivity (Wildman–Crippen MR) is 114 cm³/mol. The molecule has 0 bridgehead atoms. The van der Waals surface area contributed by atoms with Gasteiger partial charge in [-0.15, -0.1) is 10.2 Å². The number of benzene rings is 1. The number of hydrogen-bond acceptors (Lipinski definition) is 5. The Kier molecular flexibility index (Phi) is 5.90. The van der Waals surface area contributed by atoms with Gasteiger partial charge in [-0.25, -0.2) is 0 Å². The van der Waals surface area contributed by atoms with Gasteiger partial charge < -0.3 is 9.80 Å². The van der Waals surface area contributed by atoms with Crippen LogP contribution in [0.25, 0.3) is 0 Å². The van der Waals surface area contributed by atoms with Crippen molar-refractivity contribution in [2.45, 2.75) is 50.7 Å². The first-order valence-corrected chi connectivity index (χ1v) is 11.3. The zero-order chi connectivity index (χ0) is 19.5. The van der Waals surface area contributed by atoms with Gasteiger partial charge in [-0.3, -0.25) is 9.36 Å². The van der Waals surface area contributed by atoms with Gasteiger partial charge in [-0.1, -0.05) is 36.9 Å². The molecular formula is C21H29N5OS. The highest BCUT2D eigenvalue weighted by molar-refractivity contribution is 7.99. The number of piperidine rings is 1. The normalized spacial score (nSPS) is 17.7. The van der Waals surface area contributed by atoms with E-state index in [9.17, 15) is 4.79 Å². The maximum absolute atomic E-state index is 12.8. The van der Waals surface area contributed by atoms with Crippen molar-refractivity contribution >= 4 is 29.3 Å². The quantitative estimate of drug-likeness (QED) is 0.659. The summed E-state index contributed by atoms with van der Waals surface area (Å²) >= 11 is 1.52. The van der Waals surface area contributed by atoms with Crippen molar-refractivity contribution in [3.05, 3.63) is 30.3 Å². The van der Waals surface area contributed by atoms with Crippen LogP contribution in [0.1, 0.15) is 45.6 Å². The lowest BCUT2D eigenvalue weighted by Gasteiger charge is -2.31. The SMILES string of the molecule is CCN(C(=O)CSc1nnc(N2CCC(C)CC2)n1C1CC1)c1ccccc1. The molecule has 1 aliphatic carbocycles. The van der Waals surface area contributed by atoms with Crippen LogP contribution < -0.4 is 9.80 Å². The van der Waals surface area contributed by atoms with Gasteiger partial charge in [-0.05, 0) is 50.7 Å². The Morgan fingerprint density at radius 3 is 2.50 bits per heavy atom. The van der Waals surface area contributed by atoms with Crippen molar-refractivity contribution in [1.29, 1.82) is 0 Å². The van der Waals surface area contributed by atoms with Gasteiger partial charge in [0.25, 0.3) is 0 Å². The van der Waals surface area contributed by atoms with E-state index in [1.807, 2.05) is 42.2 Å². The Hall–Kier alpha value is -2.02. The number of hydrogen-bond donors (Lipinski definition) is 0. The third-order valence-electron chi connectivity index (χ3n) is 5.63. The monoisotopic (exact) mass is 399 g/mol. The second-order valence-electron chi connectivity index (χ2n) is 7.82. The summed E-state index contributed by atoms with van der Waals surface area (Å²) in [5.74, 6) is 2.28. The molecule has 2 aliphatic rings. The van der Waals surface area contributed by atoms with Gasteiger partial charge in [0.1, 0.15) is 0 Å². The summed E-state index contributed by atoms with van der Waals surface area (Å²) in [5, 5.41) is 9.87. The lowest BCUT2D eigenvalue weighted by Crippen LogP contribution is -2.34. The number of nitrogens with zero attached hydrogens (tertiary/aromatic N) is 5. The average molecular weight is 400 g/mol. The molecule has 7 heteroatoms. The third kappa shape index (κ3) is 4.19. The number of rotatable bonds is 7. The van der Waals surface area contributed by atoms with E-state index in [0.717, 1.165) is 35.8 Å². The molecule has 6 nitrogen and oxygen atoms in total. The zero-order valence-electron chi connectivity index (χ0n) is 16.8. The Bertz CT molecular complexity index is 796. The molecule has 1 aromatic carbocycles. The van der Waals surface area contributed by atoms with Crippen LogP contribution in [0, 0.1) is 5.92 Å². The van der Waals surface area contributed by atoms with E-state index in [-0.39, 0.29) is 5.91 Å². The number of aromatic nitrogens is 3. The number of para-hydroxylation sites is 1. The van der Waals surface area contributed by atoms with Crippen LogP contribution >= 0.6 is 11.8 Å². The first-order valence-electron chi connectivity index (χ1n) is 10.4. The van der Waals surface area contributed by atoms with Crippen LogP contribution in [0.4, 0.5) is 11.6 Å². The van der Waals surface area contributed by atoms with Crippen molar-refractivity contribution in [2.24, 2.45) is 5.92 Å². The fourth-order valence-electron chi connectivity index (χ4n) is 3.76. The summed E-state index contributed by atoms with van der Waals surface area (Å²) in [5.41, 5.74) is 0.947. The van der Waals surface area contributed by atoms with Crippen molar-refractivity contribution < 1.29 is 4.79 Å². The molecule has 0 atom stereocenters. The molecule has 0 unspecified atom stereocenters. The Balaban J connectivity index is 1.45. The van der Waals surface area contributed by atoms with Crippen molar-refractivity contribution in [3.63, 3.8) is 0 Å². The van der Waals surface area contributed by atoms with Crippen LogP contribution in [0.3, 0.4) is 0 Å². The number of amides is 1. The van der Waals surface area contributed by atoms with E-state index < -0.39 is 0 Å². The molecule has 0 radical (unpaired) electrons. The maximum Gasteiger partial charge on any atom is 0.237 e. The molecule has 0 N–H and O–H groups in total. The van der Waals surface area contributed by atoms with E-state index in [0.29, 0.717) is 18.3 Å². The van der Waals surface area contributed by atoms with Gasteiger partial charge in [0.2, 0.25) is 11.9 Å². The largest absolute Gasteiger partial charge is 0.341 e. The molecule has 28 heavy (non-hydrogen) atoms. The van der Waals surface area contributed by atoms with E-state index >= 15 is 0 Å². The summed E-state index contributed by atoms with van der Waals surface area (Å²) < 4.78 is 2.28. The van der Waals surface area contributed by atoms with Crippen molar-refractivity contribution in [3.8, 4) is 0 Å². The molecule has 2 fully saturated rings. The van der Waals surface area contributed by atoms with Crippen LogP contribution in [-0.2, 0) is 4.79 Å². The Morgan fingerprint density at radius 2 is 1.86 bits per heavy atom. The standard InChI is InChI=1S/C21H29N5OS/c1-3-25(17-7-5-4-6-8-17)19(27)15-28-21-23-22-20(26(21)18-9-10-18)24-13-11-16(2)12-14-24/h4-8,16,18H,3,9-15H2,1-2H3. The zero-order valence-corrected chi connectivity index (χ0v) is 17.6. The topological polar surface area (TPSA) is 54.3 Å². The second-order valence-corrected chi connectivity index (χ2v) is 8.76. The smallest absolute Gasteiger partial charge is 0.237 e. The van der Waals surface area contributed by atoms with Gasteiger partial charge in [0.15, 0.2) is 5.16 Å². The van der Waals surface area contributed by atoms with Gasteiger partial charge in [0.05, 0.1) is 5.75 Å². The van der Waals surface area contributed by atoms with Gasteiger partial charge >= 0.3 is 0 Å². The minimum Gasteiger partial charge on any atom is -0.341 e. The number of carbonyl (C=O) groups excluding carboxylic acids is 1. The average Bonchev–Trinajstić information content (AvgIpc) is 3.47. The molecule has 2 aromatic rings. The van der Waals surface area contributed by atoms with Gasteiger partial charge in [0, 0.05) is 31.4 Å². The van der Waals surface area contributed by atoms with E-state index in [1.165, 1.54) is 37.4 Å². The van der Waals surface area contributed by atoms with E-state index in [4.69, 9.17) is 0 Å². The molecule has 1 amide bonds. The molecular weight excluding hydrogens is 370 g/mol. The first-order chi connectivity index (χ1) is 13.7. The van der Waals surface area contributed by atoms with E-state index in [2.05, 4.69) is 26.6 Å². The van der Waals surface area contributed by atoms with E-state index in [1.54, 1.807) is 0 Å². The summed E-state index contributed by atoms with van der Waals surface area (Å²) in [6.07, 6.45) is 4.78. The highest BCUT2D eigenvalue weighted by atomic mass is 32.2. The first kappa shape index (κ1) is 19.3. The van der Waals surface area contributed by atoms with Crippen LogP contribution in [0.2, 0.25) is 0 Å². The third-order valence-corrected chi connectivity index (χ3v) is 6.56. The van der Waals surface area contributed by atoms with Gasteiger partial charge in [-0.2, -0.15) is 0 Å². The molecule has 4 rings (SSSR count). The fourth-order valence-corrected chi connectivity index (χ4v) is 4.64. The summed E-state index contributed by atoms with van der Waals surface area (Å²) in [6, 6.07) is 10.4. The minimum atomic E-state index is 0.109. The molecule has 1 saturated heterocycles. The highest BCUT2D eigenvalue weighted by Gasteiger charge is 2.32. The van der Waals surface area contributed by atoms with Crippen molar-refractivity contribution in [1.82, 2.24) is 14.8 Å². The van der Waals surface area contributed by atoms with Crippen LogP contribution in [0.5, 0.6) is 0 Å². The molecule has 150 valence electrons. The second kappa shape index (κ2) is 8.55. The fraction of sp³-hybridized carbons (Fsp3) is 0.571. The summed E-state index contributed by atoms with van der Waals surface area (Å²) in [4.78, 5) is 17.0. The van der Waals surface area contributed by atoms with Crippen molar-refractivity contribution in [2.75, 3.05) is 35.2 Å². The van der Waals surface area contributed by atoms with Crippen LogP contribution in [0.15, 0.2) is 35.5 Å². The minimum absolute atomic E-state index is 0.109. The molecule has 1 aliphatic heterocycles. The predicted octanol–water partition coefficient (Wildman–Crippen LogP) is 3.99.